The largest absolute Gasteiger partial charge is 0.875 e. The van der Waals surface area contributed by atoms with E-state index in [1.165, 1.54) is 0 Å². The number of ether oxygens (including phenoxy) is 1. The van der Waals surface area contributed by atoms with Crippen molar-refractivity contribution in [1.29, 1.82) is 0 Å². The second-order valence-electron chi connectivity index (χ2n) is 18.8. The average molecular weight is 949 g/mol. The van der Waals surface area contributed by atoms with Gasteiger partial charge in [-0.05, 0) is 132 Å². The molecule has 0 unspecified atom stereocenters. The molecule has 2 heterocycles. The molecule has 3 aromatic rings. The number of fused-ring (bicyclic) bond motifs is 9. The molecule has 0 saturated heterocycles. The Morgan fingerprint density at radius 1 is 0.970 bits per heavy atom. The van der Waals surface area contributed by atoms with Gasteiger partial charge in [-0.1, -0.05) is 96.4 Å². The molecule has 0 aromatic heterocycles. The van der Waals surface area contributed by atoms with Gasteiger partial charge in [0.1, 0.15) is 5.75 Å². The lowest BCUT2D eigenvalue weighted by Crippen LogP contribution is -2.23. The summed E-state index contributed by atoms with van der Waals surface area (Å²) in [5.41, 5.74) is 18.9. The van der Waals surface area contributed by atoms with Gasteiger partial charge in [0.15, 0.2) is 17.3 Å². The van der Waals surface area contributed by atoms with Gasteiger partial charge >= 0.3 is 0 Å². The zero-order valence-electron chi connectivity index (χ0n) is 38.5. The quantitative estimate of drug-likeness (QED) is 0.0423. The van der Waals surface area contributed by atoms with Crippen molar-refractivity contribution in [2.75, 3.05) is 19.0 Å². The number of hydrogen-bond donors (Lipinski definition) is 7. The van der Waals surface area contributed by atoms with Crippen molar-refractivity contribution in [3.8, 4) is 29.1 Å². The molecule has 8 bridgehead atoms. The minimum absolute atomic E-state index is 0.0164. The maximum Gasteiger partial charge on any atom is 0.161 e. The number of carbonyl (C=O) groups excluding carboxylic acids is 1. The number of allylic oxidation sites excluding steroid dienone is 5. The van der Waals surface area contributed by atoms with Crippen LogP contribution in [0.5, 0.6) is 17.2 Å². The number of nitrogens with two attached hydrogens (primary N) is 2. The highest BCUT2D eigenvalue weighted by atomic mass is 33.1. The Hall–Kier alpha value is -4.52. The number of aromatic hydroxyl groups is 2. The van der Waals surface area contributed by atoms with Crippen LogP contribution in [0.4, 0.5) is 0 Å². The molecule has 3 aromatic carbocycles. The lowest BCUT2D eigenvalue weighted by Gasteiger charge is -2.29. The van der Waals surface area contributed by atoms with E-state index in [0.29, 0.717) is 78.2 Å². The minimum Gasteiger partial charge on any atom is -0.875 e. The smallest absolute Gasteiger partial charge is 0.161 e. The Balaban J connectivity index is 1.24. The lowest BCUT2D eigenvalue weighted by molar-refractivity contribution is -0.307. The second kappa shape index (κ2) is 23.7. The van der Waals surface area contributed by atoms with Crippen LogP contribution in [-0.4, -0.2) is 68.2 Å². The highest BCUT2D eigenvalue weighted by molar-refractivity contribution is 8.76. The van der Waals surface area contributed by atoms with Gasteiger partial charge in [0.2, 0.25) is 0 Å². The number of nitrogens with zero attached hydrogens (tertiary/aromatic N) is 1. The van der Waals surface area contributed by atoms with Crippen LogP contribution in [0.1, 0.15) is 135 Å². The summed E-state index contributed by atoms with van der Waals surface area (Å²) in [6, 6.07) is 14.5. The summed E-state index contributed by atoms with van der Waals surface area (Å²) in [5, 5.41) is 68.4. The minimum atomic E-state index is -0.810. The van der Waals surface area contributed by atoms with Crippen LogP contribution in [0.3, 0.4) is 0 Å². The van der Waals surface area contributed by atoms with E-state index in [1.807, 2.05) is 30.3 Å². The molecular formula is C54H66N3O8S2-. The Kier molecular flexibility index (Phi) is 17.8. The SMILES string of the molecule is CCCCC[C@H](CC[C@@]12/C=C/C(=O)CCc3ccc(O)c(c3)OCCc3ccc(O)c(c3)[C@@H]3CC([O-])=C4C=CN=C4CC#Cc4cc(C(N)N)c(cc43)CSSC[C@H](C1)[C@@H](O)C2)C[C@H](O)CO. The van der Waals surface area contributed by atoms with E-state index < -0.39 is 29.7 Å². The number of aliphatic hydroxyl groups is 3. The number of unbranched alkanes of at least 4 members (excludes halogenated alkanes) is 2. The van der Waals surface area contributed by atoms with E-state index in [9.17, 15) is 35.4 Å². The van der Waals surface area contributed by atoms with Crippen molar-refractivity contribution in [2.45, 2.75) is 127 Å². The van der Waals surface area contributed by atoms with Crippen LogP contribution in [0.25, 0.3) is 0 Å². The molecule has 1 fully saturated rings. The number of rotatable bonds is 11. The fraction of sp³-hybridized carbons (Fsp3) is 0.481. The molecular weight excluding hydrogens is 883 g/mol. The first-order chi connectivity index (χ1) is 32.3. The molecule has 2 aliphatic heterocycles. The van der Waals surface area contributed by atoms with Gasteiger partial charge < -0.3 is 46.8 Å². The number of phenolic OH excluding ortho intramolecular Hbond substituents is 2. The van der Waals surface area contributed by atoms with Crippen molar-refractivity contribution in [3.63, 3.8) is 0 Å². The molecule has 2 aliphatic carbocycles. The van der Waals surface area contributed by atoms with E-state index in [0.717, 1.165) is 66.3 Å². The van der Waals surface area contributed by atoms with Crippen LogP contribution in [0.15, 0.2) is 89.3 Å². The second-order valence-corrected chi connectivity index (χ2v) is 21.3. The first-order valence-corrected chi connectivity index (χ1v) is 26.3. The predicted octanol–water partition coefficient (Wildman–Crippen LogP) is 7.93. The summed E-state index contributed by atoms with van der Waals surface area (Å²) in [7, 11) is 3.31. The number of carbonyl (C=O) groups is 1. The molecule has 4 aliphatic rings. The van der Waals surface area contributed by atoms with E-state index in [4.69, 9.17) is 16.2 Å². The van der Waals surface area contributed by atoms with Gasteiger partial charge in [0.25, 0.3) is 0 Å². The summed E-state index contributed by atoms with van der Waals surface area (Å²) in [6.07, 6.45) is 13.8. The summed E-state index contributed by atoms with van der Waals surface area (Å²) in [6.45, 7) is 2.10. The lowest BCUT2D eigenvalue weighted by atomic mass is 9.76. The van der Waals surface area contributed by atoms with Gasteiger partial charge in [-0.25, -0.2) is 0 Å². The number of ketones is 1. The number of benzene rings is 3. The highest BCUT2D eigenvalue weighted by Gasteiger charge is 2.43. The Morgan fingerprint density at radius 2 is 1.78 bits per heavy atom. The topological polar surface area (TPSA) is 215 Å². The molecule has 0 radical (unpaired) electrons. The maximum atomic E-state index is 14.2. The van der Waals surface area contributed by atoms with Gasteiger partial charge in [-0.3, -0.25) is 9.79 Å². The average Bonchev–Trinajstić information content (AvgIpc) is 3.92. The number of hydrogen-bond acceptors (Lipinski definition) is 13. The van der Waals surface area contributed by atoms with E-state index >= 15 is 0 Å². The molecule has 358 valence electrons. The van der Waals surface area contributed by atoms with E-state index in [2.05, 4.69) is 23.8 Å². The summed E-state index contributed by atoms with van der Waals surface area (Å²) < 4.78 is 6.14. The van der Waals surface area contributed by atoms with Crippen LogP contribution < -0.4 is 21.3 Å². The molecule has 1 saturated carbocycles. The van der Waals surface area contributed by atoms with Crippen molar-refractivity contribution >= 4 is 33.1 Å². The molecule has 0 amide bonds. The highest BCUT2D eigenvalue weighted by Crippen LogP contribution is 2.50. The standard InChI is InChI=1S/C54H67N3O8S2/c1-2-3-4-6-34(23-41(60)31-58)15-19-54-20-16-40(59)12-9-35-11-14-49(62)52(25-35)65-22-18-36-10-13-48(61)46(24-36)45-28-50(63)42-17-21-57-47(42)8-5-7-37-26-44(53(55)56)38(27-43(37)45)32-66-67-33-39(29-54)51(64)30-54/h10-11,13-14,16-17,20-21,24-27,34,39,41,45,51,53,58,60-64H,2-4,6,8-9,12,15,18-19,22-23,28-33,55-56H2,1H3/p-1/b20-16+,50-42?/t34-,39+,41+,45-,51+,54-/m1/s1. The van der Waals surface area contributed by atoms with Crippen LogP contribution in [0.2, 0.25) is 0 Å². The summed E-state index contributed by atoms with van der Waals surface area (Å²) >= 11 is 0. The monoisotopic (exact) mass is 948 g/mol. The molecule has 67 heavy (non-hydrogen) atoms. The molecule has 9 N–H and O–H groups in total. The molecule has 0 spiro atoms. The molecule has 11 nitrogen and oxygen atoms in total. The number of aryl methyl sites for hydroxylation is 1. The van der Waals surface area contributed by atoms with Gasteiger partial charge in [-0.15, -0.1) is 5.76 Å². The normalized spacial score (nSPS) is 23.8. The van der Waals surface area contributed by atoms with E-state index in [1.54, 1.807) is 64.2 Å². The maximum absolute atomic E-state index is 14.2. The molecule has 7 rings (SSSR count). The van der Waals surface area contributed by atoms with Gasteiger partial charge in [0.05, 0.1) is 43.7 Å². The summed E-state index contributed by atoms with van der Waals surface area (Å²) in [5.74, 6) is 7.53. The first-order valence-electron chi connectivity index (χ1n) is 23.9. The molecule has 13 heteroatoms. The number of phenols is 2. The summed E-state index contributed by atoms with van der Waals surface area (Å²) in [4.78, 5) is 18.0. The molecule has 6 atom stereocenters. The predicted molar refractivity (Wildman–Crippen MR) is 266 cm³/mol. The third kappa shape index (κ3) is 13.2. The first kappa shape index (κ1) is 50.4. The van der Waals surface area contributed by atoms with Crippen LogP contribution >= 0.6 is 21.6 Å². The zero-order valence-corrected chi connectivity index (χ0v) is 40.1. The van der Waals surface area contributed by atoms with Crippen molar-refractivity contribution in [1.82, 2.24) is 0 Å². The zero-order chi connectivity index (χ0) is 47.5. The van der Waals surface area contributed by atoms with Crippen LogP contribution in [-0.2, 0) is 23.4 Å². The number of aliphatic hydroxyl groups excluding tert-OH is 3. The van der Waals surface area contributed by atoms with Crippen molar-refractivity contribution < 1.29 is 40.2 Å². The van der Waals surface area contributed by atoms with Gasteiger partial charge in [0, 0.05) is 47.6 Å². The van der Waals surface area contributed by atoms with Gasteiger partial charge in [-0.2, -0.15) is 0 Å². The Bertz CT molecular complexity index is 2420. The fourth-order valence-electron chi connectivity index (χ4n) is 10.1. The third-order valence-corrected chi connectivity index (χ3v) is 16.3. The Morgan fingerprint density at radius 3 is 2.57 bits per heavy atom. The fourth-order valence-corrected chi connectivity index (χ4v) is 12.6. The van der Waals surface area contributed by atoms with E-state index in [-0.39, 0.29) is 60.9 Å². The van der Waals surface area contributed by atoms with Crippen molar-refractivity contribution in [3.05, 3.63) is 123 Å². The third-order valence-electron chi connectivity index (χ3n) is 13.9. The Labute approximate surface area is 403 Å². The number of aliphatic imine (C=N–C) groups is 1. The van der Waals surface area contributed by atoms with Crippen molar-refractivity contribution in [2.24, 2.45) is 33.7 Å². The van der Waals surface area contributed by atoms with Crippen LogP contribution in [0, 0.1) is 29.1 Å².